The fourth-order valence-electron chi connectivity index (χ4n) is 4.95. The molecule has 0 unspecified atom stereocenters. The Bertz CT molecular complexity index is 854. The lowest BCUT2D eigenvalue weighted by Crippen LogP contribution is -2.66. The zero-order chi connectivity index (χ0) is 23.9. The van der Waals surface area contributed by atoms with E-state index in [-0.39, 0.29) is 29.3 Å². The molecule has 1 saturated heterocycles. The maximum atomic E-state index is 11.5. The number of benzene rings is 2. The van der Waals surface area contributed by atoms with Crippen molar-refractivity contribution in [3.8, 4) is 0 Å². The first-order valence-electron chi connectivity index (χ1n) is 11.8. The van der Waals surface area contributed by atoms with Crippen molar-refractivity contribution in [2.75, 3.05) is 6.61 Å². The molecule has 3 rings (SSSR count). The molecule has 0 N–H and O–H groups in total. The Hall–Kier alpha value is -2.28. The highest BCUT2D eigenvalue weighted by Gasteiger charge is 2.50. The number of hydrogen-bond acceptors (Lipinski definition) is 5. The monoisotopic (exact) mass is 468 g/mol. The normalized spacial score (nSPS) is 21.4. The van der Waals surface area contributed by atoms with Crippen LogP contribution in [0.5, 0.6) is 0 Å². The number of carbonyl (C=O) groups excluding carboxylic acids is 2. The molecule has 33 heavy (non-hydrogen) atoms. The van der Waals surface area contributed by atoms with Crippen LogP contribution in [-0.4, -0.2) is 45.5 Å². The zero-order valence-corrected chi connectivity index (χ0v) is 21.2. The molecule has 2 aromatic carbocycles. The summed E-state index contributed by atoms with van der Waals surface area (Å²) in [6.45, 7) is 8.72. The summed E-state index contributed by atoms with van der Waals surface area (Å²) < 4.78 is 18.6. The third-order valence-corrected chi connectivity index (χ3v) is 11.3. The minimum Gasteiger partial charge on any atom is -0.462 e. The summed E-state index contributed by atoms with van der Waals surface area (Å²) in [6.07, 6.45) is 2.48. The minimum absolute atomic E-state index is 0.0938. The minimum atomic E-state index is -2.61. The van der Waals surface area contributed by atoms with Crippen LogP contribution in [0.1, 0.15) is 53.4 Å². The van der Waals surface area contributed by atoms with E-state index in [1.807, 2.05) is 12.1 Å². The largest absolute Gasteiger partial charge is 0.462 e. The van der Waals surface area contributed by atoms with Gasteiger partial charge in [-0.05, 0) is 21.8 Å². The van der Waals surface area contributed by atoms with Gasteiger partial charge in [0.05, 0.1) is 12.2 Å². The second kappa shape index (κ2) is 11.2. The van der Waals surface area contributed by atoms with E-state index in [0.717, 1.165) is 6.29 Å². The molecular weight excluding hydrogens is 432 g/mol. The van der Waals surface area contributed by atoms with Gasteiger partial charge in [-0.25, -0.2) is 0 Å². The third kappa shape index (κ3) is 6.19. The number of carbonyl (C=O) groups is 2. The molecule has 0 bridgehead atoms. The van der Waals surface area contributed by atoms with Crippen molar-refractivity contribution in [1.82, 2.24) is 0 Å². The van der Waals surface area contributed by atoms with Gasteiger partial charge in [0.1, 0.15) is 12.4 Å². The van der Waals surface area contributed by atoms with Crippen molar-refractivity contribution in [2.24, 2.45) is 0 Å². The van der Waals surface area contributed by atoms with Crippen LogP contribution in [0.25, 0.3) is 0 Å². The molecule has 0 radical (unpaired) electrons. The van der Waals surface area contributed by atoms with Crippen LogP contribution in [0.15, 0.2) is 60.7 Å². The molecule has 2 aromatic rings. The molecule has 178 valence electrons. The van der Waals surface area contributed by atoms with E-state index in [0.29, 0.717) is 32.3 Å². The SMILES string of the molecule is CC(=O)O[C@H]1C[C@H](CC=O)O[C@@H](CCO[Si](c2ccccc2)(c2ccccc2)C(C)(C)C)C1. The standard InChI is InChI=1S/C27H36O5Si/c1-21(29)31-24-19-22(15-17-28)32-23(20-24)16-18-30-33(27(2,3)4,25-11-7-5-8-12-25)26-13-9-6-10-14-26/h5-14,17,22-24H,15-16,18-20H2,1-4H3/t22-,23-,24-/m0/s1. The van der Waals surface area contributed by atoms with Gasteiger partial charge >= 0.3 is 5.97 Å². The highest BCUT2D eigenvalue weighted by atomic mass is 28.4. The maximum absolute atomic E-state index is 11.5. The summed E-state index contributed by atoms with van der Waals surface area (Å²) in [4.78, 5) is 22.6. The fourth-order valence-corrected chi connectivity index (χ4v) is 9.53. The van der Waals surface area contributed by atoms with Crippen LogP contribution in [0.4, 0.5) is 0 Å². The second-order valence-corrected chi connectivity index (χ2v) is 14.1. The Morgan fingerprint density at radius 1 is 1.00 bits per heavy atom. The lowest BCUT2D eigenvalue weighted by Gasteiger charge is -2.43. The van der Waals surface area contributed by atoms with E-state index in [9.17, 15) is 9.59 Å². The Kier molecular flexibility index (Phi) is 8.62. The number of rotatable bonds is 9. The molecule has 6 heteroatoms. The molecule has 0 spiro atoms. The van der Waals surface area contributed by atoms with Crippen molar-refractivity contribution in [3.63, 3.8) is 0 Å². The lowest BCUT2D eigenvalue weighted by molar-refractivity contribution is -0.160. The predicted octanol–water partition coefficient (Wildman–Crippen LogP) is 4.02. The van der Waals surface area contributed by atoms with Crippen LogP contribution in [0.2, 0.25) is 5.04 Å². The molecule has 1 aliphatic heterocycles. The van der Waals surface area contributed by atoms with Gasteiger partial charge < -0.3 is 18.7 Å². The Labute approximate surface area is 198 Å². The topological polar surface area (TPSA) is 61.8 Å². The number of ether oxygens (including phenoxy) is 2. The van der Waals surface area contributed by atoms with Gasteiger partial charge in [-0.15, -0.1) is 0 Å². The molecule has 0 aliphatic carbocycles. The van der Waals surface area contributed by atoms with Gasteiger partial charge in [0.25, 0.3) is 8.32 Å². The average Bonchev–Trinajstić information content (AvgIpc) is 2.77. The molecule has 0 saturated carbocycles. The smallest absolute Gasteiger partial charge is 0.302 e. The number of esters is 1. The molecule has 1 fully saturated rings. The fraction of sp³-hybridized carbons (Fsp3) is 0.481. The van der Waals surface area contributed by atoms with Gasteiger partial charge in [-0.3, -0.25) is 4.79 Å². The predicted molar refractivity (Wildman–Crippen MR) is 132 cm³/mol. The first kappa shape index (κ1) is 25.3. The van der Waals surface area contributed by atoms with E-state index >= 15 is 0 Å². The summed E-state index contributed by atoms with van der Waals surface area (Å²) >= 11 is 0. The second-order valence-electron chi connectivity index (χ2n) is 9.79. The zero-order valence-electron chi connectivity index (χ0n) is 20.2. The van der Waals surface area contributed by atoms with Gasteiger partial charge in [0.2, 0.25) is 0 Å². The summed E-state index contributed by atoms with van der Waals surface area (Å²) in [6, 6.07) is 21.1. The van der Waals surface area contributed by atoms with E-state index in [2.05, 4.69) is 69.3 Å². The highest BCUT2D eigenvalue weighted by molar-refractivity contribution is 6.99. The van der Waals surface area contributed by atoms with Crippen molar-refractivity contribution in [3.05, 3.63) is 60.7 Å². The van der Waals surface area contributed by atoms with Crippen molar-refractivity contribution >= 4 is 30.9 Å². The Morgan fingerprint density at radius 2 is 1.55 bits per heavy atom. The van der Waals surface area contributed by atoms with E-state index in [4.69, 9.17) is 13.9 Å². The molecular formula is C27H36O5Si. The first-order chi connectivity index (χ1) is 15.8. The van der Waals surface area contributed by atoms with Crippen molar-refractivity contribution < 1.29 is 23.5 Å². The molecule has 5 nitrogen and oxygen atoms in total. The van der Waals surface area contributed by atoms with E-state index in [1.165, 1.54) is 17.3 Å². The molecule has 1 aliphatic rings. The van der Waals surface area contributed by atoms with Gasteiger partial charge in [-0.2, -0.15) is 0 Å². The summed E-state index contributed by atoms with van der Waals surface area (Å²) in [5.41, 5.74) is 0. The van der Waals surface area contributed by atoms with Gasteiger partial charge in [0, 0.05) is 32.8 Å². The van der Waals surface area contributed by atoms with Crippen LogP contribution >= 0.6 is 0 Å². The van der Waals surface area contributed by atoms with Crippen LogP contribution < -0.4 is 10.4 Å². The molecule has 0 aromatic heterocycles. The molecule has 0 amide bonds. The summed E-state index contributed by atoms with van der Waals surface area (Å²) in [7, 11) is -2.61. The highest BCUT2D eigenvalue weighted by Crippen LogP contribution is 2.37. The summed E-state index contributed by atoms with van der Waals surface area (Å²) in [5, 5.41) is 2.39. The van der Waals surface area contributed by atoms with Gasteiger partial charge in [-0.1, -0.05) is 81.4 Å². The van der Waals surface area contributed by atoms with Gasteiger partial charge in [0.15, 0.2) is 0 Å². The lowest BCUT2D eigenvalue weighted by atomic mass is 9.97. The third-order valence-electron chi connectivity index (χ3n) is 6.30. The van der Waals surface area contributed by atoms with Crippen molar-refractivity contribution in [2.45, 2.75) is 76.7 Å². The number of aldehydes is 1. The first-order valence-corrected chi connectivity index (χ1v) is 13.7. The Balaban J connectivity index is 1.82. The van der Waals surface area contributed by atoms with E-state index < -0.39 is 8.32 Å². The number of hydrogen-bond donors (Lipinski definition) is 0. The van der Waals surface area contributed by atoms with Crippen molar-refractivity contribution in [1.29, 1.82) is 0 Å². The average molecular weight is 469 g/mol. The quantitative estimate of drug-likeness (QED) is 0.316. The Morgan fingerprint density at radius 3 is 2.03 bits per heavy atom. The van der Waals surface area contributed by atoms with Crippen LogP contribution in [0.3, 0.4) is 0 Å². The molecule has 1 heterocycles. The molecule has 3 atom stereocenters. The maximum Gasteiger partial charge on any atom is 0.302 e. The van der Waals surface area contributed by atoms with E-state index in [1.54, 1.807) is 0 Å². The summed E-state index contributed by atoms with van der Waals surface area (Å²) in [5.74, 6) is -0.297. The van der Waals surface area contributed by atoms with Crippen LogP contribution in [0, 0.1) is 0 Å². The van der Waals surface area contributed by atoms with Crippen LogP contribution in [-0.2, 0) is 23.5 Å².